The fourth-order valence-corrected chi connectivity index (χ4v) is 5.24. The van der Waals surface area contributed by atoms with Gasteiger partial charge in [-0.05, 0) is 43.2 Å². The minimum absolute atomic E-state index is 0.0258. The van der Waals surface area contributed by atoms with Gasteiger partial charge in [0, 0.05) is 34.4 Å². The third kappa shape index (κ3) is 4.66. The summed E-state index contributed by atoms with van der Waals surface area (Å²) in [4.78, 5) is 25.8. The van der Waals surface area contributed by atoms with Crippen molar-refractivity contribution in [3.05, 3.63) is 58.5 Å². The number of thiophene rings is 1. The number of hydrogen-bond acceptors (Lipinski definition) is 4. The van der Waals surface area contributed by atoms with Crippen LogP contribution in [-0.2, 0) is 16.1 Å². The van der Waals surface area contributed by atoms with Crippen LogP contribution in [0.1, 0.15) is 47.3 Å². The molecule has 168 valence electrons. The van der Waals surface area contributed by atoms with E-state index in [4.69, 9.17) is 4.74 Å². The molecule has 4 rings (SSSR count). The zero-order valence-electron chi connectivity index (χ0n) is 17.7. The fraction of sp³-hybridized carbons (Fsp3) is 0.333. The van der Waals surface area contributed by atoms with Crippen LogP contribution in [0.5, 0.6) is 0 Å². The van der Waals surface area contributed by atoms with E-state index in [0.29, 0.717) is 26.2 Å². The third-order valence-electron chi connectivity index (χ3n) is 5.72. The van der Waals surface area contributed by atoms with Gasteiger partial charge in [-0.25, -0.2) is 8.78 Å². The molecule has 0 aliphatic heterocycles. The molecule has 1 heterocycles. The standard InChI is InChI=1S/C24H24F2N2O3S/c1-31-13-16-21-18(26)8-5-9-20(21)32-22(16)24(30)27-15-10-11-17(25)19(12-15)28-23(29)14-6-3-2-4-7-14/h5,8-12,14H,2-4,6-7,13H2,1H3,(H,27,30)(H,28,29). The van der Waals surface area contributed by atoms with Gasteiger partial charge in [-0.15, -0.1) is 11.3 Å². The molecule has 1 aromatic heterocycles. The van der Waals surface area contributed by atoms with Gasteiger partial charge in [-0.1, -0.05) is 25.3 Å². The molecule has 1 aliphatic carbocycles. The van der Waals surface area contributed by atoms with E-state index in [-0.39, 0.29) is 24.1 Å². The van der Waals surface area contributed by atoms with Crippen molar-refractivity contribution >= 4 is 44.6 Å². The molecule has 3 aromatic rings. The van der Waals surface area contributed by atoms with E-state index in [0.717, 1.165) is 32.1 Å². The van der Waals surface area contributed by atoms with Crippen LogP contribution in [0, 0.1) is 17.6 Å². The summed E-state index contributed by atoms with van der Waals surface area (Å²) in [5.41, 5.74) is 0.825. The van der Waals surface area contributed by atoms with Gasteiger partial charge >= 0.3 is 0 Å². The maximum atomic E-state index is 14.4. The Hall–Kier alpha value is -2.84. The Balaban J connectivity index is 1.56. The second kappa shape index (κ2) is 9.75. The topological polar surface area (TPSA) is 67.4 Å². The zero-order chi connectivity index (χ0) is 22.7. The Morgan fingerprint density at radius 3 is 2.59 bits per heavy atom. The Bertz CT molecular complexity index is 1160. The summed E-state index contributed by atoms with van der Waals surface area (Å²) in [6, 6.07) is 8.71. The number of carbonyl (C=O) groups is 2. The summed E-state index contributed by atoms with van der Waals surface area (Å²) >= 11 is 1.17. The SMILES string of the molecule is COCc1c(C(=O)Nc2ccc(F)c(NC(=O)C3CCCCC3)c2)sc2cccc(F)c12. The molecule has 2 amide bonds. The van der Waals surface area contributed by atoms with Gasteiger partial charge in [0.25, 0.3) is 5.91 Å². The number of nitrogens with one attached hydrogen (secondary N) is 2. The smallest absolute Gasteiger partial charge is 0.266 e. The van der Waals surface area contributed by atoms with E-state index in [1.54, 1.807) is 12.1 Å². The number of amides is 2. The Morgan fingerprint density at radius 2 is 1.84 bits per heavy atom. The van der Waals surface area contributed by atoms with Crippen LogP contribution < -0.4 is 10.6 Å². The van der Waals surface area contributed by atoms with E-state index in [1.807, 2.05) is 0 Å². The second-order valence-corrected chi connectivity index (χ2v) is 8.98. The Morgan fingerprint density at radius 1 is 1.06 bits per heavy atom. The molecule has 1 fully saturated rings. The summed E-state index contributed by atoms with van der Waals surface area (Å²) in [6.07, 6.45) is 4.71. The zero-order valence-corrected chi connectivity index (χ0v) is 18.5. The molecule has 1 aliphatic rings. The van der Waals surface area contributed by atoms with E-state index in [1.165, 1.54) is 42.7 Å². The largest absolute Gasteiger partial charge is 0.380 e. The Labute approximate surface area is 188 Å². The summed E-state index contributed by atoms with van der Waals surface area (Å²) in [5.74, 6) is -1.76. The monoisotopic (exact) mass is 458 g/mol. The van der Waals surface area contributed by atoms with Crippen LogP contribution in [0.25, 0.3) is 10.1 Å². The van der Waals surface area contributed by atoms with E-state index >= 15 is 0 Å². The quantitative estimate of drug-likeness (QED) is 0.469. The number of rotatable bonds is 6. The maximum Gasteiger partial charge on any atom is 0.266 e. The lowest BCUT2D eigenvalue weighted by molar-refractivity contribution is -0.120. The van der Waals surface area contributed by atoms with Gasteiger partial charge < -0.3 is 15.4 Å². The van der Waals surface area contributed by atoms with Gasteiger partial charge in [0.1, 0.15) is 11.6 Å². The van der Waals surface area contributed by atoms with Gasteiger partial charge in [0.15, 0.2) is 0 Å². The highest BCUT2D eigenvalue weighted by atomic mass is 32.1. The summed E-state index contributed by atoms with van der Waals surface area (Å²) in [5, 5.41) is 5.76. The van der Waals surface area contributed by atoms with Gasteiger partial charge in [0.05, 0.1) is 17.2 Å². The van der Waals surface area contributed by atoms with E-state index in [2.05, 4.69) is 10.6 Å². The first-order valence-electron chi connectivity index (χ1n) is 10.6. The van der Waals surface area contributed by atoms with Crippen LogP contribution in [-0.4, -0.2) is 18.9 Å². The summed E-state index contributed by atoms with van der Waals surface area (Å²) in [7, 11) is 1.48. The number of carbonyl (C=O) groups excluding carboxylic acids is 2. The lowest BCUT2D eigenvalue weighted by Gasteiger charge is -2.21. The first kappa shape index (κ1) is 22.4. The molecule has 0 unspecified atom stereocenters. The average Bonchev–Trinajstić information content (AvgIpc) is 3.17. The van der Waals surface area contributed by atoms with Crippen molar-refractivity contribution in [1.82, 2.24) is 0 Å². The predicted octanol–water partition coefficient (Wildman–Crippen LogP) is 6.10. The number of anilines is 2. The van der Waals surface area contributed by atoms with Crippen LogP contribution in [0.3, 0.4) is 0 Å². The van der Waals surface area contributed by atoms with Crippen molar-refractivity contribution in [2.75, 3.05) is 17.7 Å². The van der Waals surface area contributed by atoms with Crippen molar-refractivity contribution in [3.8, 4) is 0 Å². The average molecular weight is 459 g/mol. The number of hydrogen-bond donors (Lipinski definition) is 2. The molecule has 0 atom stereocenters. The molecule has 1 saturated carbocycles. The molecule has 32 heavy (non-hydrogen) atoms. The number of benzene rings is 2. The Kier molecular flexibility index (Phi) is 6.81. The third-order valence-corrected chi connectivity index (χ3v) is 6.91. The van der Waals surface area contributed by atoms with Gasteiger partial charge in [-0.2, -0.15) is 0 Å². The summed E-state index contributed by atoms with van der Waals surface area (Å²) < 4.78 is 34.5. The predicted molar refractivity (Wildman–Crippen MR) is 122 cm³/mol. The van der Waals surface area contributed by atoms with Crippen LogP contribution in [0.4, 0.5) is 20.2 Å². The maximum absolute atomic E-state index is 14.4. The first-order valence-corrected chi connectivity index (χ1v) is 11.4. The first-order chi connectivity index (χ1) is 15.5. The molecular formula is C24H24F2N2O3S. The van der Waals surface area contributed by atoms with Crippen molar-refractivity contribution in [1.29, 1.82) is 0 Å². The molecule has 2 N–H and O–H groups in total. The fourth-order valence-electron chi connectivity index (χ4n) is 4.12. The number of halogens is 2. The molecular weight excluding hydrogens is 434 g/mol. The lowest BCUT2D eigenvalue weighted by atomic mass is 9.88. The molecule has 0 radical (unpaired) electrons. The van der Waals surface area contributed by atoms with Crippen molar-refractivity contribution in [2.45, 2.75) is 38.7 Å². The molecule has 8 heteroatoms. The van der Waals surface area contributed by atoms with Crippen molar-refractivity contribution in [2.24, 2.45) is 5.92 Å². The lowest BCUT2D eigenvalue weighted by Crippen LogP contribution is -2.25. The molecule has 0 saturated heterocycles. The van der Waals surface area contributed by atoms with Crippen LogP contribution >= 0.6 is 11.3 Å². The number of fused-ring (bicyclic) bond motifs is 1. The van der Waals surface area contributed by atoms with E-state index < -0.39 is 17.5 Å². The van der Waals surface area contributed by atoms with Crippen molar-refractivity contribution in [3.63, 3.8) is 0 Å². The summed E-state index contributed by atoms with van der Waals surface area (Å²) in [6.45, 7) is 0.0792. The molecule has 0 spiro atoms. The van der Waals surface area contributed by atoms with Crippen molar-refractivity contribution < 1.29 is 23.1 Å². The van der Waals surface area contributed by atoms with Gasteiger partial charge in [-0.3, -0.25) is 9.59 Å². The highest BCUT2D eigenvalue weighted by Crippen LogP contribution is 2.34. The van der Waals surface area contributed by atoms with Gasteiger partial charge in [0.2, 0.25) is 5.91 Å². The normalized spacial score (nSPS) is 14.5. The molecule has 0 bridgehead atoms. The van der Waals surface area contributed by atoms with Crippen LogP contribution in [0.15, 0.2) is 36.4 Å². The highest BCUT2D eigenvalue weighted by Gasteiger charge is 2.23. The van der Waals surface area contributed by atoms with E-state index in [9.17, 15) is 18.4 Å². The molecule has 5 nitrogen and oxygen atoms in total. The number of ether oxygens (including phenoxy) is 1. The second-order valence-electron chi connectivity index (χ2n) is 7.93. The highest BCUT2D eigenvalue weighted by molar-refractivity contribution is 7.21. The van der Waals surface area contributed by atoms with Crippen LogP contribution in [0.2, 0.25) is 0 Å². The minimum Gasteiger partial charge on any atom is -0.380 e. The minimum atomic E-state index is -0.573. The molecule has 2 aromatic carbocycles. The number of methoxy groups -OCH3 is 1.